The monoisotopic (exact) mass is 181 g/mol. The fourth-order valence-electron chi connectivity index (χ4n) is 1.31. The SMILES string of the molecule is CC(C)(C)C(=O)/C=C/N1CCCC1. The normalized spacial score (nSPS) is 18.5. The van der Waals surface area contributed by atoms with E-state index in [1.807, 2.05) is 27.0 Å². The van der Waals surface area contributed by atoms with Gasteiger partial charge in [0.1, 0.15) is 0 Å². The summed E-state index contributed by atoms with van der Waals surface area (Å²) >= 11 is 0. The van der Waals surface area contributed by atoms with E-state index in [0.29, 0.717) is 0 Å². The molecule has 1 saturated heterocycles. The van der Waals surface area contributed by atoms with Crippen LogP contribution in [0.2, 0.25) is 0 Å². The first-order chi connectivity index (χ1) is 6.00. The molecule has 0 aromatic rings. The van der Waals surface area contributed by atoms with Gasteiger partial charge in [-0.1, -0.05) is 20.8 Å². The Labute approximate surface area is 80.6 Å². The largest absolute Gasteiger partial charge is 0.377 e. The summed E-state index contributed by atoms with van der Waals surface area (Å²) in [7, 11) is 0. The predicted molar refractivity (Wildman–Crippen MR) is 54.4 cm³/mol. The van der Waals surface area contributed by atoms with Crippen molar-refractivity contribution in [2.24, 2.45) is 5.41 Å². The maximum absolute atomic E-state index is 11.5. The molecule has 2 heteroatoms. The zero-order valence-electron chi connectivity index (χ0n) is 8.84. The highest BCUT2D eigenvalue weighted by molar-refractivity contribution is 5.93. The Balaban J connectivity index is 2.43. The van der Waals surface area contributed by atoms with Crippen molar-refractivity contribution < 1.29 is 4.79 Å². The number of allylic oxidation sites excluding steroid dienone is 1. The van der Waals surface area contributed by atoms with Crippen molar-refractivity contribution >= 4 is 5.78 Å². The summed E-state index contributed by atoms with van der Waals surface area (Å²) in [6.45, 7) is 8.05. The maximum atomic E-state index is 11.5. The second kappa shape index (κ2) is 3.95. The molecule has 1 rings (SSSR count). The van der Waals surface area contributed by atoms with Crippen molar-refractivity contribution in [3.63, 3.8) is 0 Å². The van der Waals surface area contributed by atoms with Gasteiger partial charge in [-0.15, -0.1) is 0 Å². The average molecular weight is 181 g/mol. The Kier molecular flexibility index (Phi) is 3.12. The van der Waals surface area contributed by atoms with Crippen molar-refractivity contribution in [3.05, 3.63) is 12.3 Å². The second-order valence-corrected chi connectivity index (χ2v) is 4.67. The molecule has 0 atom stereocenters. The van der Waals surface area contributed by atoms with E-state index in [-0.39, 0.29) is 11.2 Å². The first kappa shape index (κ1) is 10.3. The lowest BCUT2D eigenvalue weighted by Crippen LogP contribution is -2.19. The maximum Gasteiger partial charge on any atom is 0.162 e. The molecule has 0 aliphatic carbocycles. The van der Waals surface area contributed by atoms with Crippen molar-refractivity contribution in [3.8, 4) is 0 Å². The van der Waals surface area contributed by atoms with Gasteiger partial charge in [-0.3, -0.25) is 4.79 Å². The first-order valence-electron chi connectivity index (χ1n) is 4.97. The van der Waals surface area contributed by atoms with Crippen LogP contribution in [0.3, 0.4) is 0 Å². The lowest BCUT2D eigenvalue weighted by atomic mass is 9.91. The highest BCUT2D eigenvalue weighted by Crippen LogP contribution is 2.16. The Morgan fingerprint density at radius 2 is 1.77 bits per heavy atom. The molecule has 0 bridgehead atoms. The molecular formula is C11H19NO. The van der Waals surface area contributed by atoms with E-state index in [2.05, 4.69) is 4.90 Å². The molecule has 1 heterocycles. The molecule has 0 radical (unpaired) electrons. The number of ketones is 1. The van der Waals surface area contributed by atoms with E-state index < -0.39 is 0 Å². The highest BCUT2D eigenvalue weighted by Gasteiger charge is 2.18. The van der Waals surface area contributed by atoms with Crippen LogP contribution in [0.5, 0.6) is 0 Å². The lowest BCUT2D eigenvalue weighted by molar-refractivity contribution is -0.121. The van der Waals surface area contributed by atoms with Crippen LogP contribution in [0.25, 0.3) is 0 Å². The number of carbonyl (C=O) groups excluding carboxylic acids is 1. The average Bonchev–Trinajstić information content (AvgIpc) is 2.50. The van der Waals surface area contributed by atoms with Crippen LogP contribution in [0.1, 0.15) is 33.6 Å². The zero-order valence-corrected chi connectivity index (χ0v) is 8.84. The summed E-state index contributed by atoms with van der Waals surface area (Å²) in [6.07, 6.45) is 6.17. The fourth-order valence-corrected chi connectivity index (χ4v) is 1.31. The van der Waals surface area contributed by atoms with Gasteiger partial charge < -0.3 is 4.90 Å². The third-order valence-electron chi connectivity index (χ3n) is 2.32. The molecule has 0 aromatic heterocycles. The number of rotatable bonds is 2. The number of hydrogen-bond acceptors (Lipinski definition) is 2. The van der Waals surface area contributed by atoms with Gasteiger partial charge in [0, 0.05) is 24.7 Å². The van der Waals surface area contributed by atoms with Gasteiger partial charge >= 0.3 is 0 Å². The van der Waals surface area contributed by atoms with E-state index in [0.717, 1.165) is 13.1 Å². The van der Waals surface area contributed by atoms with Crippen molar-refractivity contribution in [1.29, 1.82) is 0 Å². The molecule has 0 unspecified atom stereocenters. The van der Waals surface area contributed by atoms with Crippen LogP contribution in [0.15, 0.2) is 12.3 Å². The molecule has 0 amide bonds. The molecule has 74 valence electrons. The van der Waals surface area contributed by atoms with Gasteiger partial charge in [0.25, 0.3) is 0 Å². The van der Waals surface area contributed by atoms with Crippen LogP contribution in [-0.4, -0.2) is 23.8 Å². The van der Waals surface area contributed by atoms with Crippen LogP contribution in [0.4, 0.5) is 0 Å². The summed E-state index contributed by atoms with van der Waals surface area (Å²) in [6, 6.07) is 0. The Hall–Kier alpha value is -0.790. The Bertz CT molecular complexity index is 207. The summed E-state index contributed by atoms with van der Waals surface area (Å²) in [5, 5.41) is 0. The predicted octanol–water partition coefficient (Wildman–Crippen LogP) is 2.21. The van der Waals surface area contributed by atoms with Crippen LogP contribution in [0, 0.1) is 5.41 Å². The third kappa shape index (κ3) is 3.21. The minimum absolute atomic E-state index is 0.208. The van der Waals surface area contributed by atoms with Crippen LogP contribution < -0.4 is 0 Å². The number of hydrogen-bond donors (Lipinski definition) is 0. The van der Waals surface area contributed by atoms with E-state index in [9.17, 15) is 4.79 Å². The summed E-state index contributed by atoms with van der Waals surface area (Å²) in [5.74, 6) is 0.208. The summed E-state index contributed by atoms with van der Waals surface area (Å²) < 4.78 is 0. The summed E-state index contributed by atoms with van der Waals surface area (Å²) in [5.41, 5.74) is -0.240. The topological polar surface area (TPSA) is 20.3 Å². The van der Waals surface area contributed by atoms with Gasteiger partial charge in [-0.05, 0) is 18.9 Å². The molecule has 1 aliphatic heterocycles. The molecule has 0 spiro atoms. The van der Waals surface area contributed by atoms with Crippen molar-refractivity contribution in [2.45, 2.75) is 33.6 Å². The lowest BCUT2D eigenvalue weighted by Gasteiger charge is -2.15. The molecule has 1 aliphatic rings. The van der Waals surface area contributed by atoms with Crippen molar-refractivity contribution in [2.75, 3.05) is 13.1 Å². The minimum Gasteiger partial charge on any atom is -0.377 e. The third-order valence-corrected chi connectivity index (χ3v) is 2.32. The zero-order chi connectivity index (χ0) is 9.90. The van der Waals surface area contributed by atoms with Crippen LogP contribution >= 0.6 is 0 Å². The summed E-state index contributed by atoms with van der Waals surface area (Å²) in [4.78, 5) is 13.7. The Morgan fingerprint density at radius 3 is 2.23 bits per heavy atom. The molecular weight excluding hydrogens is 162 g/mol. The molecule has 13 heavy (non-hydrogen) atoms. The second-order valence-electron chi connectivity index (χ2n) is 4.67. The molecule has 0 N–H and O–H groups in total. The van der Waals surface area contributed by atoms with Crippen LogP contribution in [-0.2, 0) is 4.79 Å². The number of nitrogens with zero attached hydrogens (tertiary/aromatic N) is 1. The van der Waals surface area contributed by atoms with Gasteiger partial charge in [-0.25, -0.2) is 0 Å². The molecule has 0 saturated carbocycles. The number of carbonyl (C=O) groups is 1. The Morgan fingerprint density at radius 1 is 1.23 bits per heavy atom. The minimum atomic E-state index is -0.240. The molecule has 1 fully saturated rings. The van der Waals surface area contributed by atoms with Gasteiger partial charge in [-0.2, -0.15) is 0 Å². The van der Waals surface area contributed by atoms with Crippen molar-refractivity contribution in [1.82, 2.24) is 4.90 Å². The van der Waals surface area contributed by atoms with E-state index in [1.54, 1.807) is 6.08 Å². The quantitative estimate of drug-likeness (QED) is 0.609. The van der Waals surface area contributed by atoms with E-state index in [4.69, 9.17) is 0 Å². The fraction of sp³-hybridized carbons (Fsp3) is 0.727. The molecule has 2 nitrogen and oxygen atoms in total. The van der Waals surface area contributed by atoms with Gasteiger partial charge in [0.2, 0.25) is 0 Å². The van der Waals surface area contributed by atoms with E-state index >= 15 is 0 Å². The molecule has 0 aromatic carbocycles. The van der Waals surface area contributed by atoms with Gasteiger partial charge in [0.15, 0.2) is 5.78 Å². The highest BCUT2D eigenvalue weighted by atomic mass is 16.1. The van der Waals surface area contributed by atoms with Gasteiger partial charge in [0.05, 0.1) is 0 Å². The standard InChI is InChI=1S/C11H19NO/c1-11(2,3)10(13)6-9-12-7-4-5-8-12/h6,9H,4-5,7-8H2,1-3H3/b9-6+. The first-order valence-corrected chi connectivity index (χ1v) is 4.97. The van der Waals surface area contributed by atoms with E-state index in [1.165, 1.54) is 12.8 Å². The number of likely N-dealkylation sites (tertiary alicyclic amines) is 1. The smallest absolute Gasteiger partial charge is 0.162 e.